The smallest absolute Gasteiger partial charge is 0.238 e. The Hall–Kier alpha value is -1.84. The number of likely N-dealkylation sites (N-methyl/N-ethyl adjacent to an activating group) is 1. The van der Waals surface area contributed by atoms with Gasteiger partial charge in [0.15, 0.2) is 0 Å². The molecule has 0 unspecified atom stereocenters. The molecule has 4 heteroatoms. The summed E-state index contributed by atoms with van der Waals surface area (Å²) in [6, 6.07) is 5.58. The minimum Gasteiger partial charge on any atom is -0.497 e. The summed E-state index contributed by atoms with van der Waals surface area (Å²) in [6.45, 7) is 3.95. The van der Waals surface area contributed by atoms with Gasteiger partial charge in [0.2, 0.25) is 5.91 Å². The molecule has 0 N–H and O–H groups in total. The second-order valence-electron chi connectivity index (χ2n) is 5.24. The van der Waals surface area contributed by atoms with Gasteiger partial charge in [0.25, 0.3) is 0 Å². The second-order valence-corrected chi connectivity index (χ2v) is 5.24. The first kappa shape index (κ1) is 13.6. The highest BCUT2D eigenvalue weighted by Gasteiger charge is 2.51. The van der Waals surface area contributed by atoms with Gasteiger partial charge in [0.1, 0.15) is 12.0 Å². The van der Waals surface area contributed by atoms with E-state index in [4.69, 9.17) is 4.74 Å². The van der Waals surface area contributed by atoms with Crippen molar-refractivity contribution in [1.82, 2.24) is 0 Å². The summed E-state index contributed by atoms with van der Waals surface area (Å²) in [7, 11) is 3.35. The lowest BCUT2D eigenvalue weighted by atomic mass is 9.70. The average molecular weight is 261 g/mol. The molecule has 0 bridgehead atoms. The molecule has 0 spiro atoms. The molecule has 0 radical (unpaired) electrons. The second kappa shape index (κ2) is 4.68. The van der Waals surface area contributed by atoms with Crippen molar-refractivity contribution in [3.05, 3.63) is 23.8 Å². The molecule has 2 rings (SSSR count). The molecule has 0 fully saturated rings. The largest absolute Gasteiger partial charge is 0.497 e. The van der Waals surface area contributed by atoms with Crippen molar-refractivity contribution in [2.24, 2.45) is 5.92 Å². The Morgan fingerprint density at radius 1 is 1.42 bits per heavy atom. The summed E-state index contributed by atoms with van der Waals surface area (Å²) in [5.41, 5.74) is 0.989. The van der Waals surface area contributed by atoms with Crippen molar-refractivity contribution in [1.29, 1.82) is 0 Å². The van der Waals surface area contributed by atoms with Crippen LogP contribution in [0.2, 0.25) is 0 Å². The number of benzene rings is 1. The molecule has 1 atom stereocenters. The maximum Gasteiger partial charge on any atom is 0.238 e. The standard InChI is InChI=1S/C15H19NO3/c1-10(2)15(7-8-17)12-9-11(19-4)5-6-13(12)16(3)14(15)18/h5-6,8-10H,7H2,1-4H3/t15-/m1/s1. The van der Waals surface area contributed by atoms with E-state index in [1.54, 1.807) is 19.1 Å². The highest BCUT2D eigenvalue weighted by Crippen LogP contribution is 2.48. The predicted octanol–water partition coefficient (Wildman–Crippen LogP) is 2.15. The van der Waals surface area contributed by atoms with E-state index in [9.17, 15) is 9.59 Å². The molecule has 0 aromatic heterocycles. The minimum atomic E-state index is -0.764. The number of rotatable bonds is 4. The van der Waals surface area contributed by atoms with Crippen LogP contribution < -0.4 is 9.64 Å². The quantitative estimate of drug-likeness (QED) is 0.780. The Kier molecular flexibility index (Phi) is 3.35. The van der Waals surface area contributed by atoms with E-state index < -0.39 is 5.41 Å². The average Bonchev–Trinajstić information content (AvgIpc) is 2.61. The van der Waals surface area contributed by atoms with Gasteiger partial charge >= 0.3 is 0 Å². The first-order valence-corrected chi connectivity index (χ1v) is 6.39. The number of methoxy groups -OCH3 is 1. The van der Waals surface area contributed by atoms with E-state index in [0.29, 0.717) is 5.75 Å². The Labute approximate surface area is 113 Å². The van der Waals surface area contributed by atoms with E-state index in [0.717, 1.165) is 17.5 Å². The molecule has 102 valence electrons. The lowest BCUT2D eigenvalue weighted by molar-refractivity contribution is -0.126. The van der Waals surface area contributed by atoms with E-state index in [2.05, 4.69) is 0 Å². The first-order chi connectivity index (χ1) is 8.98. The lowest BCUT2D eigenvalue weighted by Gasteiger charge is -2.30. The van der Waals surface area contributed by atoms with Crippen LogP contribution in [0.3, 0.4) is 0 Å². The molecule has 1 aromatic rings. The van der Waals surface area contributed by atoms with Crippen molar-refractivity contribution in [3.63, 3.8) is 0 Å². The predicted molar refractivity (Wildman–Crippen MR) is 73.6 cm³/mol. The number of fused-ring (bicyclic) bond motifs is 1. The number of aldehydes is 1. The molecule has 0 saturated heterocycles. The third-order valence-corrected chi connectivity index (χ3v) is 4.12. The first-order valence-electron chi connectivity index (χ1n) is 6.39. The summed E-state index contributed by atoms with van der Waals surface area (Å²) < 4.78 is 5.24. The van der Waals surface area contributed by atoms with Gasteiger partial charge in [-0.25, -0.2) is 0 Å². The fourth-order valence-electron chi connectivity index (χ4n) is 2.94. The number of nitrogens with zero attached hydrogens (tertiary/aromatic N) is 1. The fraction of sp³-hybridized carbons (Fsp3) is 0.467. The molecule has 0 aliphatic carbocycles. The number of anilines is 1. The molecular formula is C15H19NO3. The summed E-state index contributed by atoms with van der Waals surface area (Å²) in [6.07, 6.45) is 1.04. The van der Waals surface area contributed by atoms with Crippen LogP contribution in [0.25, 0.3) is 0 Å². The van der Waals surface area contributed by atoms with Crippen LogP contribution in [0.15, 0.2) is 18.2 Å². The fourth-order valence-corrected chi connectivity index (χ4v) is 2.94. The van der Waals surface area contributed by atoms with E-state index in [1.807, 2.05) is 32.0 Å². The highest BCUT2D eigenvalue weighted by atomic mass is 16.5. The molecular weight excluding hydrogens is 242 g/mol. The highest BCUT2D eigenvalue weighted by molar-refractivity contribution is 6.09. The number of carbonyl (C=O) groups excluding carboxylic acids is 2. The lowest BCUT2D eigenvalue weighted by Crippen LogP contribution is -2.43. The van der Waals surface area contributed by atoms with Gasteiger partial charge in [-0.15, -0.1) is 0 Å². The third-order valence-electron chi connectivity index (χ3n) is 4.12. The van der Waals surface area contributed by atoms with Gasteiger partial charge < -0.3 is 14.4 Å². The van der Waals surface area contributed by atoms with Gasteiger partial charge in [-0.3, -0.25) is 4.79 Å². The zero-order valence-corrected chi connectivity index (χ0v) is 11.8. The Morgan fingerprint density at radius 3 is 2.63 bits per heavy atom. The molecule has 1 aliphatic rings. The van der Waals surface area contributed by atoms with Gasteiger partial charge in [0.05, 0.1) is 12.5 Å². The number of ether oxygens (including phenoxy) is 1. The van der Waals surface area contributed by atoms with Crippen LogP contribution in [-0.2, 0) is 15.0 Å². The minimum absolute atomic E-state index is 0.0159. The summed E-state index contributed by atoms with van der Waals surface area (Å²) >= 11 is 0. The zero-order chi connectivity index (χ0) is 14.2. The zero-order valence-electron chi connectivity index (χ0n) is 11.8. The molecule has 1 aromatic carbocycles. The number of carbonyl (C=O) groups is 2. The molecule has 1 aliphatic heterocycles. The Balaban J connectivity index is 2.70. The van der Waals surface area contributed by atoms with Crippen molar-refractivity contribution < 1.29 is 14.3 Å². The monoisotopic (exact) mass is 261 g/mol. The van der Waals surface area contributed by atoms with Crippen molar-refractivity contribution >= 4 is 17.9 Å². The number of hydrogen-bond donors (Lipinski definition) is 0. The Bertz CT molecular complexity index is 524. The maximum atomic E-state index is 12.6. The van der Waals surface area contributed by atoms with Crippen LogP contribution in [0.4, 0.5) is 5.69 Å². The number of hydrogen-bond acceptors (Lipinski definition) is 3. The molecule has 4 nitrogen and oxygen atoms in total. The molecule has 19 heavy (non-hydrogen) atoms. The van der Waals surface area contributed by atoms with Gasteiger partial charge in [0, 0.05) is 19.2 Å². The van der Waals surface area contributed by atoms with Crippen LogP contribution in [0.5, 0.6) is 5.75 Å². The van der Waals surface area contributed by atoms with Crippen LogP contribution >= 0.6 is 0 Å². The Morgan fingerprint density at radius 2 is 2.11 bits per heavy atom. The maximum absolute atomic E-state index is 12.6. The SMILES string of the molecule is COc1ccc2c(c1)[C@@](CC=O)(C(C)C)C(=O)N2C. The summed E-state index contributed by atoms with van der Waals surface area (Å²) in [5, 5.41) is 0. The summed E-state index contributed by atoms with van der Waals surface area (Å²) in [5.74, 6) is 0.733. The van der Waals surface area contributed by atoms with Crippen LogP contribution in [0.1, 0.15) is 25.8 Å². The van der Waals surface area contributed by atoms with Gasteiger partial charge in [-0.1, -0.05) is 13.8 Å². The molecule has 1 heterocycles. The van der Waals surface area contributed by atoms with E-state index >= 15 is 0 Å². The van der Waals surface area contributed by atoms with Crippen molar-refractivity contribution in [2.75, 3.05) is 19.1 Å². The van der Waals surface area contributed by atoms with E-state index in [1.165, 1.54) is 0 Å². The topological polar surface area (TPSA) is 46.6 Å². The van der Waals surface area contributed by atoms with Crippen LogP contribution in [-0.4, -0.2) is 26.4 Å². The molecule has 0 saturated carbocycles. The third kappa shape index (κ3) is 1.74. The normalized spacial score (nSPS) is 21.7. The molecule has 1 amide bonds. The van der Waals surface area contributed by atoms with Crippen molar-refractivity contribution in [2.45, 2.75) is 25.7 Å². The van der Waals surface area contributed by atoms with Crippen LogP contribution in [0, 0.1) is 5.92 Å². The van der Waals surface area contributed by atoms with Gasteiger partial charge in [-0.05, 0) is 29.7 Å². The number of amides is 1. The summed E-state index contributed by atoms with van der Waals surface area (Å²) in [4.78, 5) is 25.4. The van der Waals surface area contributed by atoms with Gasteiger partial charge in [-0.2, -0.15) is 0 Å². The van der Waals surface area contributed by atoms with E-state index in [-0.39, 0.29) is 18.2 Å². The van der Waals surface area contributed by atoms with Crippen molar-refractivity contribution in [3.8, 4) is 5.75 Å².